The van der Waals surface area contributed by atoms with E-state index < -0.39 is 5.60 Å². The molecule has 1 amide bonds. The van der Waals surface area contributed by atoms with Crippen molar-refractivity contribution in [2.75, 3.05) is 13.1 Å². The SMILES string of the molecule is CC(NC1CCCN(C(=O)OC(C)(C)C)C1)c1ccccc1. The van der Waals surface area contributed by atoms with Crippen LogP contribution in [0.1, 0.15) is 52.1 Å². The summed E-state index contributed by atoms with van der Waals surface area (Å²) in [4.78, 5) is 14.0. The van der Waals surface area contributed by atoms with Gasteiger partial charge in [0, 0.05) is 25.2 Å². The highest BCUT2D eigenvalue weighted by atomic mass is 16.6. The molecule has 0 aromatic heterocycles. The maximum atomic E-state index is 12.2. The van der Waals surface area contributed by atoms with Crippen molar-refractivity contribution >= 4 is 6.09 Å². The lowest BCUT2D eigenvalue weighted by atomic mass is 10.0. The Hall–Kier alpha value is -1.55. The van der Waals surface area contributed by atoms with E-state index in [1.165, 1.54) is 5.56 Å². The van der Waals surface area contributed by atoms with Crippen LogP contribution in [0.5, 0.6) is 0 Å². The second-order valence-electron chi connectivity index (χ2n) is 7.06. The van der Waals surface area contributed by atoms with Crippen LogP contribution in [0.15, 0.2) is 30.3 Å². The Labute approximate surface area is 133 Å². The van der Waals surface area contributed by atoms with Crippen LogP contribution in [0.3, 0.4) is 0 Å². The predicted molar refractivity (Wildman–Crippen MR) is 88.8 cm³/mol. The molecule has 0 aliphatic carbocycles. The fourth-order valence-corrected chi connectivity index (χ4v) is 2.80. The normalized spacial score (nSPS) is 20.5. The molecule has 2 atom stereocenters. The van der Waals surface area contributed by atoms with Gasteiger partial charge in [0.1, 0.15) is 5.60 Å². The first-order valence-corrected chi connectivity index (χ1v) is 8.14. The van der Waals surface area contributed by atoms with E-state index in [9.17, 15) is 4.79 Å². The number of amides is 1. The van der Waals surface area contributed by atoms with Crippen LogP contribution in [0.2, 0.25) is 0 Å². The number of nitrogens with zero attached hydrogens (tertiary/aromatic N) is 1. The fraction of sp³-hybridized carbons (Fsp3) is 0.611. The quantitative estimate of drug-likeness (QED) is 0.925. The minimum atomic E-state index is -0.436. The van der Waals surface area contributed by atoms with Gasteiger partial charge in [-0.1, -0.05) is 30.3 Å². The smallest absolute Gasteiger partial charge is 0.410 e. The molecule has 4 nitrogen and oxygen atoms in total. The molecule has 1 aromatic rings. The number of hydrogen-bond acceptors (Lipinski definition) is 3. The van der Waals surface area contributed by atoms with Crippen LogP contribution in [0.4, 0.5) is 4.79 Å². The summed E-state index contributed by atoms with van der Waals surface area (Å²) in [5.74, 6) is 0. The highest BCUT2D eigenvalue weighted by Gasteiger charge is 2.28. The van der Waals surface area contributed by atoms with Crippen molar-refractivity contribution in [1.82, 2.24) is 10.2 Å². The third-order valence-corrected chi connectivity index (χ3v) is 3.86. The van der Waals surface area contributed by atoms with E-state index in [1.54, 1.807) is 0 Å². The Morgan fingerprint density at radius 3 is 2.64 bits per heavy atom. The van der Waals surface area contributed by atoms with E-state index in [-0.39, 0.29) is 12.1 Å². The fourth-order valence-electron chi connectivity index (χ4n) is 2.80. The average molecular weight is 304 g/mol. The molecule has 2 unspecified atom stereocenters. The van der Waals surface area contributed by atoms with Crippen molar-refractivity contribution in [3.63, 3.8) is 0 Å². The van der Waals surface area contributed by atoms with Gasteiger partial charge in [-0.15, -0.1) is 0 Å². The van der Waals surface area contributed by atoms with Crippen molar-refractivity contribution in [3.05, 3.63) is 35.9 Å². The van der Waals surface area contributed by atoms with Gasteiger partial charge in [0.25, 0.3) is 0 Å². The van der Waals surface area contributed by atoms with Crippen molar-refractivity contribution < 1.29 is 9.53 Å². The average Bonchev–Trinajstić information content (AvgIpc) is 2.46. The van der Waals surface area contributed by atoms with E-state index in [0.29, 0.717) is 12.6 Å². The summed E-state index contributed by atoms with van der Waals surface area (Å²) in [7, 11) is 0. The molecule has 2 rings (SSSR count). The van der Waals surface area contributed by atoms with Crippen molar-refractivity contribution in [2.45, 2.75) is 58.2 Å². The van der Waals surface area contributed by atoms with Crippen molar-refractivity contribution in [2.24, 2.45) is 0 Å². The maximum Gasteiger partial charge on any atom is 0.410 e. The molecule has 1 aromatic carbocycles. The summed E-state index contributed by atoms with van der Waals surface area (Å²) in [5, 5.41) is 3.63. The Kier molecular flexibility index (Phi) is 5.46. The lowest BCUT2D eigenvalue weighted by Gasteiger charge is -2.35. The summed E-state index contributed by atoms with van der Waals surface area (Å²) in [6.07, 6.45) is 1.90. The van der Waals surface area contributed by atoms with Gasteiger partial charge in [-0.2, -0.15) is 0 Å². The van der Waals surface area contributed by atoms with Crippen LogP contribution in [0, 0.1) is 0 Å². The van der Waals surface area contributed by atoms with Crippen LogP contribution in [-0.4, -0.2) is 35.7 Å². The maximum absolute atomic E-state index is 12.2. The summed E-state index contributed by atoms with van der Waals surface area (Å²) in [6.45, 7) is 9.38. The monoisotopic (exact) mass is 304 g/mol. The first-order chi connectivity index (χ1) is 10.3. The van der Waals surface area contributed by atoms with Gasteiger partial charge in [-0.3, -0.25) is 0 Å². The molecule has 0 bridgehead atoms. The number of carbonyl (C=O) groups excluding carboxylic acids is 1. The molecule has 0 saturated carbocycles. The number of ether oxygens (including phenoxy) is 1. The Balaban J connectivity index is 1.89. The molecule has 1 fully saturated rings. The van der Waals surface area contributed by atoms with Crippen LogP contribution < -0.4 is 5.32 Å². The Morgan fingerprint density at radius 1 is 1.32 bits per heavy atom. The number of hydrogen-bond donors (Lipinski definition) is 1. The zero-order valence-electron chi connectivity index (χ0n) is 14.1. The van der Waals surface area contributed by atoms with Gasteiger partial charge >= 0.3 is 6.09 Å². The summed E-state index contributed by atoms with van der Waals surface area (Å²) < 4.78 is 5.47. The zero-order chi connectivity index (χ0) is 16.2. The van der Waals surface area contributed by atoms with E-state index >= 15 is 0 Å². The standard InChI is InChI=1S/C18H28N2O2/c1-14(15-9-6-5-7-10-15)19-16-11-8-12-20(13-16)17(21)22-18(2,3)4/h5-7,9-10,14,16,19H,8,11-13H2,1-4H3. The minimum Gasteiger partial charge on any atom is -0.444 e. The van der Waals surface area contributed by atoms with E-state index in [4.69, 9.17) is 4.74 Å². The topological polar surface area (TPSA) is 41.6 Å². The van der Waals surface area contributed by atoms with Crippen molar-refractivity contribution in [1.29, 1.82) is 0 Å². The number of piperidine rings is 1. The molecule has 1 aliphatic heterocycles. The second kappa shape index (κ2) is 7.14. The molecule has 22 heavy (non-hydrogen) atoms. The van der Waals surface area contributed by atoms with Gasteiger partial charge in [0.05, 0.1) is 0 Å². The Morgan fingerprint density at radius 2 is 2.00 bits per heavy atom. The van der Waals surface area contributed by atoms with Gasteiger partial charge in [-0.05, 0) is 46.1 Å². The lowest BCUT2D eigenvalue weighted by molar-refractivity contribution is 0.0184. The van der Waals surface area contributed by atoms with E-state index in [1.807, 2.05) is 31.7 Å². The van der Waals surface area contributed by atoms with Crippen LogP contribution >= 0.6 is 0 Å². The molecule has 1 saturated heterocycles. The van der Waals surface area contributed by atoms with Crippen LogP contribution in [0.25, 0.3) is 0 Å². The summed E-state index contributed by atoms with van der Waals surface area (Å²) in [6, 6.07) is 11.0. The number of carbonyl (C=O) groups is 1. The predicted octanol–water partition coefficient (Wildman–Crippen LogP) is 3.74. The number of rotatable bonds is 3. The zero-order valence-corrected chi connectivity index (χ0v) is 14.1. The summed E-state index contributed by atoms with van der Waals surface area (Å²) in [5.41, 5.74) is 0.839. The van der Waals surface area contributed by atoms with Gasteiger partial charge in [-0.25, -0.2) is 4.79 Å². The number of nitrogens with one attached hydrogen (secondary N) is 1. The van der Waals surface area contributed by atoms with E-state index in [0.717, 1.165) is 19.4 Å². The minimum absolute atomic E-state index is 0.202. The Bertz CT molecular complexity index is 482. The number of likely N-dealkylation sites (tertiary alicyclic amines) is 1. The number of benzene rings is 1. The molecule has 4 heteroatoms. The third kappa shape index (κ3) is 5.02. The molecular formula is C18H28N2O2. The van der Waals surface area contributed by atoms with Gasteiger partial charge < -0.3 is 15.0 Å². The van der Waals surface area contributed by atoms with Gasteiger partial charge in [0.2, 0.25) is 0 Å². The highest BCUT2D eigenvalue weighted by Crippen LogP contribution is 2.18. The molecule has 1 aliphatic rings. The molecule has 1 heterocycles. The molecule has 0 radical (unpaired) electrons. The molecule has 0 spiro atoms. The first-order valence-electron chi connectivity index (χ1n) is 8.14. The lowest BCUT2D eigenvalue weighted by Crippen LogP contribution is -2.49. The second-order valence-corrected chi connectivity index (χ2v) is 7.06. The van der Waals surface area contributed by atoms with Crippen LogP contribution in [-0.2, 0) is 4.74 Å². The third-order valence-electron chi connectivity index (χ3n) is 3.86. The largest absolute Gasteiger partial charge is 0.444 e. The molecular weight excluding hydrogens is 276 g/mol. The molecule has 1 N–H and O–H groups in total. The van der Waals surface area contributed by atoms with Gasteiger partial charge in [0.15, 0.2) is 0 Å². The highest BCUT2D eigenvalue weighted by molar-refractivity contribution is 5.68. The van der Waals surface area contributed by atoms with E-state index in [2.05, 4.69) is 36.5 Å². The van der Waals surface area contributed by atoms with Crippen molar-refractivity contribution in [3.8, 4) is 0 Å². The molecule has 122 valence electrons. The first kappa shape index (κ1) is 16.8. The summed E-state index contributed by atoms with van der Waals surface area (Å²) >= 11 is 0.